The van der Waals surface area contributed by atoms with E-state index in [2.05, 4.69) is 13.2 Å². The molecule has 8 heavy (non-hydrogen) atoms. The van der Waals surface area contributed by atoms with Gasteiger partial charge in [-0.05, 0) is 13.8 Å². The maximum absolute atomic E-state index is 7.57. The molecule has 48 valence electrons. The van der Waals surface area contributed by atoms with Gasteiger partial charge >= 0.3 is 0 Å². The second kappa shape index (κ2) is 9.67. The van der Waals surface area contributed by atoms with Crippen molar-refractivity contribution < 1.29 is 5.11 Å². The maximum Gasteiger partial charge on any atom is 0.0402 e. The van der Waals surface area contributed by atoms with Crippen LogP contribution in [0.15, 0.2) is 24.8 Å². The minimum absolute atomic E-state index is 0.250. The van der Waals surface area contributed by atoms with E-state index in [1.54, 1.807) is 13.0 Å². The highest BCUT2D eigenvalue weighted by Crippen LogP contribution is 1.81. The van der Waals surface area contributed by atoms with Crippen molar-refractivity contribution >= 4 is 0 Å². The first kappa shape index (κ1) is 10.4. The molecule has 0 saturated heterocycles. The standard InChI is InChI=1S/C5H8.C2H6O/c1-4-5(2)3;1-2-3/h4H,1-2H2,3H3;3H,2H2,1H3. The summed E-state index contributed by atoms with van der Waals surface area (Å²) in [6.07, 6.45) is 1.72. The Bertz CT molecular complexity index is 64.8. The van der Waals surface area contributed by atoms with E-state index in [-0.39, 0.29) is 6.61 Å². The van der Waals surface area contributed by atoms with E-state index < -0.39 is 0 Å². The van der Waals surface area contributed by atoms with Crippen LogP contribution in [0.4, 0.5) is 0 Å². The Labute approximate surface area is 51.3 Å². The number of hydrogen-bond acceptors (Lipinski definition) is 1. The number of rotatable bonds is 1. The van der Waals surface area contributed by atoms with Crippen LogP contribution < -0.4 is 0 Å². The van der Waals surface area contributed by atoms with Crippen LogP contribution >= 0.6 is 0 Å². The van der Waals surface area contributed by atoms with Crippen LogP contribution in [-0.4, -0.2) is 11.7 Å². The van der Waals surface area contributed by atoms with Crippen LogP contribution in [0.2, 0.25) is 0 Å². The Morgan fingerprint density at radius 1 is 1.75 bits per heavy atom. The molecule has 0 unspecified atom stereocenters. The van der Waals surface area contributed by atoms with Gasteiger partial charge in [-0.1, -0.05) is 24.8 Å². The zero-order chi connectivity index (χ0) is 6.99. The number of allylic oxidation sites excluding steroid dienone is 2. The minimum atomic E-state index is 0.250. The van der Waals surface area contributed by atoms with Gasteiger partial charge in [0.25, 0.3) is 0 Å². The van der Waals surface area contributed by atoms with E-state index in [0.717, 1.165) is 5.57 Å². The largest absolute Gasteiger partial charge is 0.397 e. The van der Waals surface area contributed by atoms with Gasteiger partial charge in [-0.25, -0.2) is 0 Å². The van der Waals surface area contributed by atoms with Crippen LogP contribution in [0.5, 0.6) is 0 Å². The van der Waals surface area contributed by atoms with E-state index in [0.29, 0.717) is 0 Å². The highest BCUT2D eigenvalue weighted by Gasteiger charge is 1.59. The summed E-state index contributed by atoms with van der Waals surface area (Å²) in [4.78, 5) is 0. The lowest BCUT2D eigenvalue weighted by Gasteiger charge is -1.71. The lowest BCUT2D eigenvalue weighted by molar-refractivity contribution is 0.318. The Balaban J connectivity index is 0. The molecule has 0 saturated carbocycles. The van der Waals surface area contributed by atoms with Crippen molar-refractivity contribution in [2.45, 2.75) is 13.8 Å². The highest BCUT2D eigenvalue weighted by molar-refractivity contribution is 5.05. The van der Waals surface area contributed by atoms with Crippen molar-refractivity contribution in [3.05, 3.63) is 24.8 Å². The molecule has 0 fully saturated rings. The highest BCUT2D eigenvalue weighted by atomic mass is 16.2. The lowest BCUT2D eigenvalue weighted by Crippen LogP contribution is -1.57. The third-order valence-electron chi connectivity index (χ3n) is 0.348. The van der Waals surface area contributed by atoms with Gasteiger partial charge in [0.1, 0.15) is 0 Å². The van der Waals surface area contributed by atoms with Crippen LogP contribution in [0.1, 0.15) is 13.8 Å². The van der Waals surface area contributed by atoms with Gasteiger partial charge in [0, 0.05) is 6.61 Å². The van der Waals surface area contributed by atoms with Crippen molar-refractivity contribution in [2.75, 3.05) is 6.61 Å². The third-order valence-corrected chi connectivity index (χ3v) is 0.348. The van der Waals surface area contributed by atoms with Gasteiger partial charge in [-0.2, -0.15) is 0 Å². The molecule has 0 aliphatic carbocycles. The summed E-state index contributed by atoms with van der Waals surface area (Å²) in [6.45, 7) is 10.9. The summed E-state index contributed by atoms with van der Waals surface area (Å²) in [5.41, 5.74) is 1.02. The Kier molecular flexibility index (Phi) is 12.6. The molecule has 0 aromatic carbocycles. The second-order valence-electron chi connectivity index (χ2n) is 1.37. The van der Waals surface area contributed by atoms with Crippen LogP contribution in [0.25, 0.3) is 0 Å². The fraction of sp³-hybridized carbons (Fsp3) is 0.429. The minimum Gasteiger partial charge on any atom is -0.397 e. The molecule has 0 aliphatic heterocycles. The summed E-state index contributed by atoms with van der Waals surface area (Å²) in [5.74, 6) is 0. The SMILES string of the molecule is C=CC(=C)C.CCO. The van der Waals surface area contributed by atoms with Crippen molar-refractivity contribution in [3.8, 4) is 0 Å². The first-order valence-corrected chi connectivity index (χ1v) is 2.57. The van der Waals surface area contributed by atoms with Gasteiger partial charge in [0.15, 0.2) is 0 Å². The molecule has 0 heterocycles. The predicted octanol–water partition coefficient (Wildman–Crippen LogP) is 1.75. The predicted molar refractivity (Wildman–Crippen MR) is 37.8 cm³/mol. The molecular weight excluding hydrogens is 100 g/mol. The quantitative estimate of drug-likeness (QED) is 0.515. The number of aliphatic hydroxyl groups is 1. The summed E-state index contributed by atoms with van der Waals surface area (Å²) in [7, 11) is 0. The van der Waals surface area contributed by atoms with Crippen molar-refractivity contribution in [2.24, 2.45) is 0 Å². The summed E-state index contributed by atoms with van der Waals surface area (Å²) in [5, 5.41) is 7.57. The molecule has 0 aromatic rings. The third kappa shape index (κ3) is 51.7. The topological polar surface area (TPSA) is 20.2 Å². The summed E-state index contributed by atoms with van der Waals surface area (Å²) >= 11 is 0. The van der Waals surface area contributed by atoms with Gasteiger partial charge < -0.3 is 5.11 Å². The average Bonchev–Trinajstić information content (AvgIpc) is 1.69. The van der Waals surface area contributed by atoms with Crippen LogP contribution in [-0.2, 0) is 0 Å². The normalized spacial score (nSPS) is 6.38. The first-order valence-electron chi connectivity index (χ1n) is 2.57. The molecule has 0 aliphatic rings. The lowest BCUT2D eigenvalue weighted by atomic mass is 10.4. The van der Waals surface area contributed by atoms with Crippen LogP contribution in [0.3, 0.4) is 0 Å². The zero-order valence-corrected chi connectivity index (χ0v) is 5.65. The molecule has 0 bridgehead atoms. The van der Waals surface area contributed by atoms with Gasteiger partial charge in [0.2, 0.25) is 0 Å². The van der Waals surface area contributed by atoms with Crippen molar-refractivity contribution in [1.29, 1.82) is 0 Å². The number of aliphatic hydroxyl groups excluding tert-OH is 1. The van der Waals surface area contributed by atoms with Crippen LogP contribution in [0, 0.1) is 0 Å². The maximum atomic E-state index is 7.57. The fourth-order valence-corrected chi connectivity index (χ4v) is 0. The molecule has 0 spiro atoms. The first-order chi connectivity index (χ1) is 3.68. The smallest absolute Gasteiger partial charge is 0.0402 e. The van der Waals surface area contributed by atoms with E-state index in [4.69, 9.17) is 5.11 Å². The zero-order valence-electron chi connectivity index (χ0n) is 5.65. The number of hydrogen-bond donors (Lipinski definition) is 1. The molecule has 0 amide bonds. The van der Waals surface area contributed by atoms with Crippen molar-refractivity contribution in [3.63, 3.8) is 0 Å². The molecule has 0 aromatic heterocycles. The Morgan fingerprint density at radius 3 is 1.88 bits per heavy atom. The molecule has 1 N–H and O–H groups in total. The molecule has 0 rings (SSSR count). The van der Waals surface area contributed by atoms with Gasteiger partial charge in [0.05, 0.1) is 0 Å². The monoisotopic (exact) mass is 114 g/mol. The molecule has 1 nitrogen and oxygen atoms in total. The fourth-order valence-electron chi connectivity index (χ4n) is 0. The molecule has 1 heteroatoms. The van der Waals surface area contributed by atoms with E-state index in [1.807, 2.05) is 6.92 Å². The van der Waals surface area contributed by atoms with Crippen molar-refractivity contribution in [1.82, 2.24) is 0 Å². The van der Waals surface area contributed by atoms with E-state index in [1.165, 1.54) is 0 Å². The van der Waals surface area contributed by atoms with E-state index >= 15 is 0 Å². The summed E-state index contributed by atoms with van der Waals surface area (Å²) < 4.78 is 0. The Hall–Kier alpha value is -0.560. The van der Waals surface area contributed by atoms with E-state index in [9.17, 15) is 0 Å². The molecule has 0 atom stereocenters. The Morgan fingerprint density at radius 2 is 1.88 bits per heavy atom. The average molecular weight is 114 g/mol. The summed E-state index contributed by atoms with van der Waals surface area (Å²) in [6, 6.07) is 0. The van der Waals surface area contributed by atoms with Gasteiger partial charge in [-0.3, -0.25) is 0 Å². The molecule has 0 radical (unpaired) electrons. The van der Waals surface area contributed by atoms with Gasteiger partial charge in [-0.15, -0.1) is 0 Å². The second-order valence-corrected chi connectivity index (χ2v) is 1.37. The molecular formula is C7H14O.